The summed E-state index contributed by atoms with van der Waals surface area (Å²) >= 11 is 0. The number of rotatable bonds is 5. The lowest BCUT2D eigenvalue weighted by Gasteiger charge is -2.60. The summed E-state index contributed by atoms with van der Waals surface area (Å²) in [4.78, 5) is 24.8. The lowest BCUT2D eigenvalue weighted by atomic mass is 9.44. The molecule has 4 heteroatoms. The number of carbonyl (C=O) groups is 2. The number of aliphatic carboxylic acids is 1. The average Bonchev–Trinajstić information content (AvgIpc) is 3.05. The van der Waals surface area contributed by atoms with E-state index in [1.54, 1.807) is 0 Å². The summed E-state index contributed by atoms with van der Waals surface area (Å²) < 4.78 is 5.70. The van der Waals surface area contributed by atoms with Gasteiger partial charge in [-0.15, -0.1) is 0 Å². The van der Waals surface area contributed by atoms with Crippen molar-refractivity contribution in [3.8, 4) is 0 Å². The van der Waals surface area contributed by atoms with E-state index in [0.29, 0.717) is 59.2 Å². The van der Waals surface area contributed by atoms with Crippen molar-refractivity contribution in [2.24, 2.45) is 46.3 Å². The number of ketones is 1. The Morgan fingerprint density at radius 2 is 1.93 bits per heavy atom. The maximum Gasteiger partial charge on any atom is 0.303 e. The third-order valence-corrected chi connectivity index (χ3v) is 10.4. The highest BCUT2D eigenvalue weighted by atomic mass is 16.5. The molecule has 0 saturated heterocycles. The topological polar surface area (TPSA) is 63.6 Å². The molecule has 1 N–H and O–H groups in total. The lowest BCUT2D eigenvalue weighted by Crippen LogP contribution is -2.57. The van der Waals surface area contributed by atoms with Crippen LogP contribution in [0.3, 0.4) is 0 Å². The van der Waals surface area contributed by atoms with E-state index in [9.17, 15) is 9.59 Å². The summed E-state index contributed by atoms with van der Waals surface area (Å²) in [7, 11) is 1.85. The Kier molecular flexibility index (Phi) is 5.63. The molecule has 4 saturated carbocycles. The zero-order valence-electron chi connectivity index (χ0n) is 18.8. The molecule has 0 spiro atoms. The van der Waals surface area contributed by atoms with E-state index in [0.717, 1.165) is 25.7 Å². The van der Waals surface area contributed by atoms with E-state index >= 15 is 0 Å². The maximum atomic E-state index is 13.7. The fraction of sp³-hybridized carbons (Fsp3) is 0.920. The molecular weight excluding hydrogens is 364 g/mol. The molecule has 0 bridgehead atoms. The zero-order chi connectivity index (χ0) is 21.0. The third kappa shape index (κ3) is 3.28. The van der Waals surface area contributed by atoms with E-state index in [4.69, 9.17) is 9.84 Å². The molecule has 4 fully saturated rings. The molecule has 0 aromatic heterocycles. The number of hydrogen-bond donors (Lipinski definition) is 1. The highest BCUT2D eigenvalue weighted by Crippen LogP contribution is 2.67. The monoisotopic (exact) mass is 404 g/mol. The fourth-order valence-corrected chi connectivity index (χ4v) is 8.63. The van der Waals surface area contributed by atoms with E-state index in [1.165, 1.54) is 25.7 Å². The molecule has 4 aliphatic rings. The lowest BCUT2D eigenvalue weighted by molar-refractivity contribution is -0.161. The Bertz CT molecular complexity index is 659. The standard InChI is InChI=1S/C25H40O4/c1-15(5-10-23(27)28)19-8-9-20-18-7-6-16-13-17(29-4)11-12-24(16,2)21(18)14-22(26)25(19,20)3/h15-21H,5-14H2,1-4H3,(H,27,28)/t15-,16-,17+,18+,19-,20+,21+,24+,25-/m1/s1. The van der Waals surface area contributed by atoms with Crippen molar-refractivity contribution in [2.45, 2.75) is 91.1 Å². The molecule has 9 atom stereocenters. The van der Waals surface area contributed by atoms with Gasteiger partial charge in [-0.05, 0) is 92.3 Å². The van der Waals surface area contributed by atoms with Gasteiger partial charge in [-0.1, -0.05) is 20.8 Å². The molecule has 0 aliphatic heterocycles. The highest BCUT2D eigenvalue weighted by Gasteiger charge is 2.63. The van der Waals surface area contributed by atoms with Gasteiger partial charge in [0.2, 0.25) is 0 Å². The van der Waals surface area contributed by atoms with Gasteiger partial charge in [0.15, 0.2) is 0 Å². The molecule has 0 amide bonds. The maximum absolute atomic E-state index is 13.7. The van der Waals surface area contributed by atoms with Gasteiger partial charge >= 0.3 is 5.97 Å². The van der Waals surface area contributed by atoms with Crippen LogP contribution < -0.4 is 0 Å². The predicted molar refractivity (Wildman–Crippen MR) is 112 cm³/mol. The van der Waals surface area contributed by atoms with Crippen LogP contribution in [-0.2, 0) is 14.3 Å². The number of carboxylic acids is 1. The van der Waals surface area contributed by atoms with Crippen LogP contribution in [0.2, 0.25) is 0 Å². The first-order valence-electron chi connectivity index (χ1n) is 12.0. The minimum Gasteiger partial charge on any atom is -0.481 e. The Balaban J connectivity index is 1.56. The predicted octanol–water partition coefficient (Wildman–Crippen LogP) is 5.34. The van der Waals surface area contributed by atoms with Crippen molar-refractivity contribution in [1.82, 2.24) is 0 Å². The first-order valence-corrected chi connectivity index (χ1v) is 12.0. The first kappa shape index (κ1) is 21.3. The summed E-state index contributed by atoms with van der Waals surface area (Å²) in [5, 5.41) is 9.11. The largest absolute Gasteiger partial charge is 0.481 e. The number of carbonyl (C=O) groups excluding carboxylic acids is 1. The SMILES string of the molecule is CO[C@H]1CC[C@@]2(C)[C@H](CC[C@@H]3[C@@H]2CC(=O)[C@]2(C)[C@@H]([C@H](C)CCC(=O)O)CC[C@@H]32)C1. The molecule has 4 aliphatic carbocycles. The second-order valence-electron chi connectivity index (χ2n) is 11.3. The zero-order valence-corrected chi connectivity index (χ0v) is 18.8. The second-order valence-corrected chi connectivity index (χ2v) is 11.3. The normalized spacial score (nSPS) is 47.8. The number of methoxy groups -OCH3 is 1. The van der Waals surface area contributed by atoms with Gasteiger partial charge in [-0.2, -0.15) is 0 Å². The quantitative estimate of drug-likeness (QED) is 0.672. The Morgan fingerprint density at radius 1 is 1.17 bits per heavy atom. The molecule has 0 aromatic carbocycles. The van der Waals surface area contributed by atoms with Crippen molar-refractivity contribution in [2.75, 3.05) is 7.11 Å². The minimum atomic E-state index is -0.718. The van der Waals surface area contributed by atoms with Crippen LogP contribution in [-0.4, -0.2) is 30.1 Å². The molecule has 164 valence electrons. The van der Waals surface area contributed by atoms with Gasteiger partial charge in [0.05, 0.1) is 6.10 Å². The average molecular weight is 405 g/mol. The van der Waals surface area contributed by atoms with Gasteiger partial charge < -0.3 is 9.84 Å². The first-order chi connectivity index (χ1) is 13.7. The smallest absolute Gasteiger partial charge is 0.303 e. The van der Waals surface area contributed by atoms with Crippen LogP contribution in [0.4, 0.5) is 0 Å². The molecule has 4 nitrogen and oxygen atoms in total. The van der Waals surface area contributed by atoms with E-state index in [1.807, 2.05) is 7.11 Å². The van der Waals surface area contributed by atoms with E-state index in [2.05, 4.69) is 20.8 Å². The van der Waals surface area contributed by atoms with Gasteiger partial charge in [0.1, 0.15) is 5.78 Å². The van der Waals surface area contributed by atoms with Crippen LogP contribution in [0.25, 0.3) is 0 Å². The number of fused-ring (bicyclic) bond motifs is 5. The van der Waals surface area contributed by atoms with Crippen molar-refractivity contribution >= 4 is 11.8 Å². The number of hydrogen-bond acceptors (Lipinski definition) is 3. The van der Waals surface area contributed by atoms with E-state index < -0.39 is 5.97 Å². The third-order valence-electron chi connectivity index (χ3n) is 10.4. The van der Waals surface area contributed by atoms with Gasteiger partial charge in [-0.3, -0.25) is 9.59 Å². The number of ether oxygens (including phenoxy) is 1. The van der Waals surface area contributed by atoms with Crippen LogP contribution >= 0.6 is 0 Å². The van der Waals surface area contributed by atoms with Crippen molar-refractivity contribution in [3.05, 3.63) is 0 Å². The number of Topliss-reactive ketones (excluding diaryl/α,β-unsaturated/α-hetero) is 1. The molecule has 4 rings (SSSR count). The number of carboxylic acid groups (broad SMARTS) is 1. The fourth-order valence-electron chi connectivity index (χ4n) is 8.63. The van der Waals surface area contributed by atoms with Crippen LogP contribution in [0.5, 0.6) is 0 Å². The van der Waals surface area contributed by atoms with Gasteiger partial charge in [0.25, 0.3) is 0 Å². The summed E-state index contributed by atoms with van der Waals surface area (Å²) in [6.07, 6.45) is 10.4. The summed E-state index contributed by atoms with van der Waals surface area (Å²) in [5.41, 5.74) is 0.0635. The van der Waals surface area contributed by atoms with Crippen LogP contribution in [0, 0.1) is 46.3 Å². The summed E-state index contributed by atoms with van der Waals surface area (Å²) in [6.45, 7) is 6.92. The van der Waals surface area contributed by atoms with Crippen LogP contribution in [0.15, 0.2) is 0 Å². The molecule has 0 aromatic rings. The van der Waals surface area contributed by atoms with Crippen molar-refractivity contribution in [3.63, 3.8) is 0 Å². The highest BCUT2D eigenvalue weighted by molar-refractivity contribution is 5.87. The second kappa shape index (κ2) is 7.66. The minimum absolute atomic E-state index is 0.221. The van der Waals surface area contributed by atoms with Crippen LogP contribution in [0.1, 0.15) is 85.0 Å². The molecule has 0 unspecified atom stereocenters. The Hall–Kier alpha value is -0.900. The molecule has 0 radical (unpaired) electrons. The van der Waals surface area contributed by atoms with Crippen molar-refractivity contribution < 1.29 is 19.4 Å². The van der Waals surface area contributed by atoms with Gasteiger partial charge in [0, 0.05) is 25.4 Å². The van der Waals surface area contributed by atoms with Crippen molar-refractivity contribution in [1.29, 1.82) is 0 Å². The molecule has 29 heavy (non-hydrogen) atoms. The van der Waals surface area contributed by atoms with E-state index in [-0.39, 0.29) is 11.8 Å². The molecular formula is C25H40O4. The summed E-state index contributed by atoms with van der Waals surface area (Å²) in [6, 6.07) is 0. The Labute approximate surface area is 176 Å². The van der Waals surface area contributed by atoms with Gasteiger partial charge in [-0.25, -0.2) is 0 Å². The Morgan fingerprint density at radius 3 is 2.62 bits per heavy atom. The summed E-state index contributed by atoms with van der Waals surface area (Å²) in [5.74, 6) is 2.86. The molecule has 0 heterocycles.